The van der Waals surface area contributed by atoms with Gasteiger partial charge in [0.25, 0.3) is 5.91 Å². The van der Waals surface area contributed by atoms with Crippen LogP contribution in [0.3, 0.4) is 0 Å². The van der Waals surface area contributed by atoms with E-state index in [2.05, 4.69) is 22.1 Å². The van der Waals surface area contributed by atoms with Crippen LogP contribution in [0.15, 0.2) is 42.6 Å². The van der Waals surface area contributed by atoms with E-state index in [-0.39, 0.29) is 18.4 Å². The number of carbonyl (C=O) groups is 2. The van der Waals surface area contributed by atoms with Gasteiger partial charge in [0, 0.05) is 50.6 Å². The number of anilines is 2. The molecule has 1 N–H and O–H groups in total. The maximum Gasteiger partial charge on any atom is 0.258 e. The van der Waals surface area contributed by atoms with Gasteiger partial charge < -0.3 is 19.9 Å². The molecule has 0 saturated carbocycles. The van der Waals surface area contributed by atoms with Crippen LogP contribution in [-0.4, -0.2) is 43.0 Å². The largest absolute Gasteiger partial charge is 0.484 e. The van der Waals surface area contributed by atoms with Crippen LogP contribution in [0.5, 0.6) is 5.75 Å². The standard InChI is InChI=1S/C24H30N4O3/c1-18-9-12-27(13-10-18)22-8-7-19(15-25-22)16-26-23(29)17-31-21-5-2-4-20(14-21)28-11-3-6-24(28)30/h2,4-5,7-8,14-15,18H,3,6,9-13,16-17H2,1H3,(H,26,29). The van der Waals surface area contributed by atoms with Crippen LogP contribution in [0.4, 0.5) is 11.5 Å². The van der Waals surface area contributed by atoms with Crippen molar-refractivity contribution < 1.29 is 14.3 Å². The fourth-order valence-electron chi connectivity index (χ4n) is 4.01. The van der Waals surface area contributed by atoms with Crippen molar-refractivity contribution in [1.82, 2.24) is 10.3 Å². The molecule has 2 fully saturated rings. The number of hydrogen-bond acceptors (Lipinski definition) is 5. The molecular weight excluding hydrogens is 392 g/mol. The van der Waals surface area contributed by atoms with Crippen molar-refractivity contribution in [3.8, 4) is 5.75 Å². The van der Waals surface area contributed by atoms with E-state index < -0.39 is 0 Å². The maximum atomic E-state index is 12.2. The van der Waals surface area contributed by atoms with E-state index in [1.165, 1.54) is 12.8 Å². The van der Waals surface area contributed by atoms with E-state index in [1.54, 1.807) is 17.0 Å². The van der Waals surface area contributed by atoms with Crippen LogP contribution < -0.4 is 19.9 Å². The van der Waals surface area contributed by atoms with Gasteiger partial charge in [-0.1, -0.05) is 19.1 Å². The van der Waals surface area contributed by atoms with Crippen molar-refractivity contribution in [2.45, 2.75) is 39.2 Å². The van der Waals surface area contributed by atoms with Gasteiger partial charge in [-0.15, -0.1) is 0 Å². The Kier molecular flexibility index (Phi) is 6.70. The summed E-state index contributed by atoms with van der Waals surface area (Å²) in [6.45, 7) is 5.46. The molecule has 31 heavy (non-hydrogen) atoms. The molecule has 0 spiro atoms. The molecule has 2 aliphatic heterocycles. The normalized spacial score (nSPS) is 17.1. The highest BCUT2D eigenvalue weighted by Crippen LogP contribution is 2.25. The number of benzene rings is 1. The molecule has 0 aliphatic carbocycles. The van der Waals surface area contributed by atoms with Gasteiger partial charge in [0.15, 0.2) is 6.61 Å². The lowest BCUT2D eigenvalue weighted by molar-refractivity contribution is -0.123. The number of amides is 2. The Morgan fingerprint density at radius 1 is 1.19 bits per heavy atom. The molecule has 2 amide bonds. The first kappa shape index (κ1) is 21.2. The first-order valence-electron chi connectivity index (χ1n) is 11.1. The molecule has 0 unspecified atom stereocenters. The third-order valence-electron chi connectivity index (χ3n) is 5.98. The maximum absolute atomic E-state index is 12.2. The van der Waals surface area contributed by atoms with Crippen molar-refractivity contribution in [3.05, 3.63) is 48.2 Å². The molecular formula is C24H30N4O3. The highest BCUT2D eigenvalue weighted by molar-refractivity contribution is 5.95. The van der Waals surface area contributed by atoms with Gasteiger partial charge >= 0.3 is 0 Å². The predicted molar refractivity (Wildman–Crippen MR) is 120 cm³/mol. The highest BCUT2D eigenvalue weighted by Gasteiger charge is 2.22. The molecule has 3 heterocycles. The van der Waals surface area contributed by atoms with Crippen molar-refractivity contribution in [2.75, 3.05) is 36.0 Å². The topological polar surface area (TPSA) is 74.8 Å². The van der Waals surface area contributed by atoms with Gasteiger partial charge in [-0.05, 0) is 48.9 Å². The van der Waals surface area contributed by atoms with Crippen LogP contribution in [0.2, 0.25) is 0 Å². The third-order valence-corrected chi connectivity index (χ3v) is 5.98. The summed E-state index contributed by atoms with van der Waals surface area (Å²) in [5, 5.41) is 2.87. The zero-order valence-electron chi connectivity index (χ0n) is 18.0. The number of aromatic nitrogens is 1. The summed E-state index contributed by atoms with van der Waals surface area (Å²) in [7, 11) is 0. The summed E-state index contributed by atoms with van der Waals surface area (Å²) < 4.78 is 5.63. The molecule has 0 atom stereocenters. The summed E-state index contributed by atoms with van der Waals surface area (Å²) in [6, 6.07) is 11.4. The summed E-state index contributed by atoms with van der Waals surface area (Å²) in [6.07, 6.45) is 5.69. The summed E-state index contributed by atoms with van der Waals surface area (Å²) >= 11 is 0. The lowest BCUT2D eigenvalue weighted by Crippen LogP contribution is -2.33. The monoisotopic (exact) mass is 422 g/mol. The average molecular weight is 423 g/mol. The van der Waals surface area contributed by atoms with E-state index in [9.17, 15) is 9.59 Å². The van der Waals surface area contributed by atoms with Crippen LogP contribution in [-0.2, 0) is 16.1 Å². The second kappa shape index (κ2) is 9.81. The second-order valence-electron chi connectivity index (χ2n) is 8.41. The van der Waals surface area contributed by atoms with Gasteiger partial charge in [0.1, 0.15) is 11.6 Å². The Hall–Kier alpha value is -3.09. The van der Waals surface area contributed by atoms with Crippen molar-refractivity contribution >= 4 is 23.3 Å². The number of pyridine rings is 1. The van der Waals surface area contributed by atoms with E-state index in [4.69, 9.17) is 4.74 Å². The molecule has 4 rings (SSSR count). The quantitative estimate of drug-likeness (QED) is 0.742. The third kappa shape index (κ3) is 5.54. The molecule has 2 aromatic rings. The van der Waals surface area contributed by atoms with Crippen LogP contribution in [0.25, 0.3) is 0 Å². The fraction of sp³-hybridized carbons (Fsp3) is 0.458. The molecule has 164 valence electrons. The molecule has 0 radical (unpaired) electrons. The lowest BCUT2D eigenvalue weighted by Gasteiger charge is -2.31. The van der Waals surface area contributed by atoms with Gasteiger partial charge in [0.2, 0.25) is 5.91 Å². The smallest absolute Gasteiger partial charge is 0.258 e. The van der Waals surface area contributed by atoms with Crippen LogP contribution in [0.1, 0.15) is 38.2 Å². The Morgan fingerprint density at radius 3 is 2.74 bits per heavy atom. The average Bonchev–Trinajstić information content (AvgIpc) is 3.23. The summed E-state index contributed by atoms with van der Waals surface area (Å²) in [5.41, 5.74) is 1.77. The van der Waals surface area contributed by atoms with Crippen molar-refractivity contribution in [1.29, 1.82) is 0 Å². The minimum absolute atomic E-state index is 0.0745. The zero-order chi connectivity index (χ0) is 21.6. The number of hydrogen-bond donors (Lipinski definition) is 1. The van der Waals surface area contributed by atoms with E-state index in [0.29, 0.717) is 18.7 Å². The van der Waals surface area contributed by atoms with Gasteiger partial charge in [-0.3, -0.25) is 9.59 Å². The van der Waals surface area contributed by atoms with Crippen molar-refractivity contribution in [3.63, 3.8) is 0 Å². The highest BCUT2D eigenvalue weighted by atomic mass is 16.5. The second-order valence-corrected chi connectivity index (χ2v) is 8.41. The zero-order valence-corrected chi connectivity index (χ0v) is 18.0. The Balaban J connectivity index is 1.23. The number of carbonyl (C=O) groups excluding carboxylic acids is 2. The molecule has 2 saturated heterocycles. The molecule has 1 aromatic carbocycles. The minimum atomic E-state index is -0.197. The number of piperidine rings is 1. The predicted octanol–water partition coefficient (Wildman–Crippen LogP) is 3.14. The Labute approximate surface area is 183 Å². The Bertz CT molecular complexity index is 907. The minimum Gasteiger partial charge on any atom is -0.484 e. The fourth-order valence-corrected chi connectivity index (χ4v) is 4.01. The van der Waals surface area contributed by atoms with Crippen LogP contribution >= 0.6 is 0 Å². The lowest BCUT2D eigenvalue weighted by atomic mass is 9.99. The molecule has 7 nitrogen and oxygen atoms in total. The molecule has 7 heteroatoms. The van der Waals surface area contributed by atoms with Crippen molar-refractivity contribution in [2.24, 2.45) is 5.92 Å². The number of ether oxygens (including phenoxy) is 1. The van der Waals surface area contributed by atoms with Crippen LogP contribution in [0, 0.1) is 5.92 Å². The number of rotatable bonds is 7. The molecule has 1 aromatic heterocycles. The number of nitrogens with one attached hydrogen (secondary N) is 1. The van der Waals surface area contributed by atoms with Gasteiger partial charge in [0.05, 0.1) is 0 Å². The summed E-state index contributed by atoms with van der Waals surface area (Å²) in [5.74, 6) is 2.30. The molecule has 0 bridgehead atoms. The van der Waals surface area contributed by atoms with Gasteiger partial charge in [-0.2, -0.15) is 0 Å². The van der Waals surface area contributed by atoms with Gasteiger partial charge in [-0.25, -0.2) is 4.98 Å². The van der Waals surface area contributed by atoms with E-state index in [0.717, 1.165) is 49.0 Å². The summed E-state index contributed by atoms with van der Waals surface area (Å²) in [4.78, 5) is 32.7. The van der Waals surface area contributed by atoms with E-state index in [1.807, 2.05) is 30.5 Å². The molecule has 2 aliphatic rings. The Morgan fingerprint density at radius 2 is 2.03 bits per heavy atom. The first-order valence-corrected chi connectivity index (χ1v) is 11.1. The first-order chi connectivity index (χ1) is 15.1. The number of nitrogens with zero attached hydrogens (tertiary/aromatic N) is 3. The SMILES string of the molecule is CC1CCN(c2ccc(CNC(=O)COc3cccc(N4CCCC4=O)c3)cn2)CC1. The van der Waals surface area contributed by atoms with E-state index >= 15 is 0 Å².